The maximum absolute atomic E-state index is 5.92. The molecule has 124 valence electrons. The van der Waals surface area contributed by atoms with E-state index in [1.165, 1.54) is 11.1 Å². The van der Waals surface area contributed by atoms with Crippen molar-refractivity contribution in [2.24, 2.45) is 10.7 Å². The zero-order chi connectivity index (χ0) is 16.8. The van der Waals surface area contributed by atoms with Crippen LogP contribution in [0.1, 0.15) is 49.0 Å². The molecule has 0 spiro atoms. The van der Waals surface area contributed by atoms with Gasteiger partial charge in [-0.15, -0.1) is 0 Å². The number of nitrogens with zero attached hydrogens (tertiary/aromatic N) is 3. The van der Waals surface area contributed by atoms with Gasteiger partial charge in [0.05, 0.1) is 0 Å². The van der Waals surface area contributed by atoms with Gasteiger partial charge in [-0.25, -0.2) is 0 Å². The lowest BCUT2D eigenvalue weighted by atomic mass is 10.1. The van der Waals surface area contributed by atoms with Crippen LogP contribution in [0, 0.1) is 13.8 Å². The van der Waals surface area contributed by atoms with E-state index < -0.39 is 0 Å². The Morgan fingerprint density at radius 1 is 1.26 bits per heavy atom. The lowest BCUT2D eigenvalue weighted by molar-refractivity contribution is 0.369. The third-order valence-electron chi connectivity index (χ3n) is 3.33. The number of guanidine groups is 1. The first-order valence-electron chi connectivity index (χ1n) is 7.92. The molecule has 3 N–H and O–H groups in total. The van der Waals surface area contributed by atoms with E-state index in [0.29, 0.717) is 24.8 Å². The molecule has 2 aromatic rings. The second-order valence-electron chi connectivity index (χ2n) is 6.07. The number of aryl methyl sites for hydroxylation is 3. The van der Waals surface area contributed by atoms with Crippen LogP contribution in [-0.2, 0) is 6.42 Å². The topological polar surface area (TPSA) is 89.3 Å². The van der Waals surface area contributed by atoms with Crippen molar-refractivity contribution in [3.8, 4) is 0 Å². The molecule has 6 heteroatoms. The second kappa shape index (κ2) is 7.76. The average Bonchev–Trinajstić information content (AvgIpc) is 2.91. The highest BCUT2D eigenvalue weighted by molar-refractivity contribution is 5.92. The van der Waals surface area contributed by atoms with E-state index in [1.54, 1.807) is 0 Å². The SMILES string of the molecule is Cc1cc(C)cc(NC(N)=NCCCc2nc(C(C)C)no2)c1. The third kappa shape index (κ3) is 5.39. The normalized spacial score (nSPS) is 12.0. The molecule has 1 aromatic carbocycles. The Morgan fingerprint density at radius 3 is 2.57 bits per heavy atom. The summed E-state index contributed by atoms with van der Waals surface area (Å²) in [6.07, 6.45) is 1.52. The molecule has 2 rings (SSSR count). The van der Waals surface area contributed by atoms with Crippen LogP contribution in [0.2, 0.25) is 0 Å². The molecule has 1 aromatic heterocycles. The molecule has 0 fully saturated rings. The number of anilines is 1. The molecule has 0 saturated carbocycles. The zero-order valence-corrected chi connectivity index (χ0v) is 14.3. The molecule has 0 saturated heterocycles. The summed E-state index contributed by atoms with van der Waals surface area (Å²) < 4.78 is 5.20. The van der Waals surface area contributed by atoms with Gasteiger partial charge in [-0.3, -0.25) is 4.99 Å². The molecule has 0 radical (unpaired) electrons. The van der Waals surface area contributed by atoms with Gasteiger partial charge >= 0.3 is 0 Å². The number of rotatable bonds is 6. The minimum Gasteiger partial charge on any atom is -0.370 e. The Hall–Kier alpha value is -2.37. The summed E-state index contributed by atoms with van der Waals surface area (Å²) in [5, 5.41) is 7.06. The molecular weight excluding hydrogens is 290 g/mol. The van der Waals surface area contributed by atoms with Crippen LogP contribution in [0.4, 0.5) is 5.69 Å². The Morgan fingerprint density at radius 2 is 1.96 bits per heavy atom. The minimum absolute atomic E-state index is 0.281. The van der Waals surface area contributed by atoms with Gasteiger partial charge in [0.1, 0.15) is 0 Å². The molecule has 6 nitrogen and oxygen atoms in total. The van der Waals surface area contributed by atoms with Crippen LogP contribution >= 0.6 is 0 Å². The van der Waals surface area contributed by atoms with Crippen LogP contribution in [-0.4, -0.2) is 22.6 Å². The van der Waals surface area contributed by atoms with E-state index >= 15 is 0 Å². The summed E-state index contributed by atoms with van der Waals surface area (Å²) in [6.45, 7) is 8.81. The molecule has 0 atom stereocenters. The van der Waals surface area contributed by atoms with Crippen molar-refractivity contribution in [3.05, 3.63) is 41.0 Å². The predicted octanol–water partition coefficient (Wildman–Crippen LogP) is 3.17. The van der Waals surface area contributed by atoms with Crippen molar-refractivity contribution in [2.75, 3.05) is 11.9 Å². The van der Waals surface area contributed by atoms with E-state index in [0.717, 1.165) is 17.9 Å². The van der Waals surface area contributed by atoms with Crippen molar-refractivity contribution in [1.82, 2.24) is 10.1 Å². The first kappa shape index (κ1) is 17.0. The molecule has 0 aliphatic rings. The van der Waals surface area contributed by atoms with Crippen molar-refractivity contribution in [1.29, 1.82) is 0 Å². The lowest BCUT2D eigenvalue weighted by Crippen LogP contribution is -2.23. The van der Waals surface area contributed by atoms with Crippen molar-refractivity contribution in [2.45, 2.75) is 46.5 Å². The van der Waals surface area contributed by atoms with Gasteiger partial charge in [0, 0.05) is 24.6 Å². The highest BCUT2D eigenvalue weighted by atomic mass is 16.5. The first-order valence-corrected chi connectivity index (χ1v) is 7.92. The fraction of sp³-hybridized carbons (Fsp3) is 0.471. The van der Waals surface area contributed by atoms with Gasteiger partial charge in [0.2, 0.25) is 5.89 Å². The molecule has 23 heavy (non-hydrogen) atoms. The van der Waals surface area contributed by atoms with Crippen LogP contribution in [0.3, 0.4) is 0 Å². The Bertz CT molecular complexity index is 655. The number of nitrogens with one attached hydrogen (secondary N) is 1. The monoisotopic (exact) mass is 315 g/mol. The standard InChI is InChI=1S/C17H25N5O/c1-11(2)16-21-15(23-22-16)6-5-7-19-17(18)20-14-9-12(3)8-13(4)10-14/h8-11H,5-7H2,1-4H3,(H3,18,19,20). The molecular formula is C17H25N5O. The van der Waals surface area contributed by atoms with Crippen LogP contribution in [0.5, 0.6) is 0 Å². The van der Waals surface area contributed by atoms with Crippen molar-refractivity contribution >= 4 is 11.6 Å². The fourth-order valence-corrected chi connectivity index (χ4v) is 2.27. The predicted molar refractivity (Wildman–Crippen MR) is 92.7 cm³/mol. The number of nitrogens with two attached hydrogens (primary N) is 1. The molecule has 0 aliphatic heterocycles. The van der Waals surface area contributed by atoms with Gasteiger partial charge in [0.25, 0.3) is 0 Å². The molecule has 0 aliphatic carbocycles. The maximum atomic E-state index is 5.92. The van der Waals surface area contributed by atoms with Gasteiger partial charge in [0.15, 0.2) is 11.8 Å². The first-order chi connectivity index (χ1) is 10.9. The summed E-state index contributed by atoms with van der Waals surface area (Å²) in [7, 11) is 0. The number of benzene rings is 1. The Balaban J connectivity index is 1.80. The van der Waals surface area contributed by atoms with Crippen LogP contribution < -0.4 is 11.1 Å². The molecule has 1 heterocycles. The zero-order valence-electron chi connectivity index (χ0n) is 14.3. The summed E-state index contributed by atoms with van der Waals surface area (Å²) >= 11 is 0. The number of aliphatic imine (C=N–C) groups is 1. The Labute approximate surface area is 137 Å². The number of aromatic nitrogens is 2. The summed E-state index contributed by atoms with van der Waals surface area (Å²) in [5.41, 5.74) is 9.26. The van der Waals surface area contributed by atoms with Crippen LogP contribution in [0.25, 0.3) is 0 Å². The quantitative estimate of drug-likeness (QED) is 0.485. The Kier molecular flexibility index (Phi) is 5.73. The maximum Gasteiger partial charge on any atom is 0.226 e. The van der Waals surface area contributed by atoms with Crippen LogP contribution in [0.15, 0.2) is 27.7 Å². The van der Waals surface area contributed by atoms with Gasteiger partial charge in [-0.2, -0.15) is 4.98 Å². The highest BCUT2D eigenvalue weighted by Gasteiger charge is 2.08. The highest BCUT2D eigenvalue weighted by Crippen LogP contribution is 2.13. The molecule has 0 amide bonds. The van der Waals surface area contributed by atoms with E-state index in [9.17, 15) is 0 Å². The smallest absolute Gasteiger partial charge is 0.226 e. The summed E-state index contributed by atoms with van der Waals surface area (Å²) in [4.78, 5) is 8.67. The van der Waals surface area contributed by atoms with Gasteiger partial charge < -0.3 is 15.6 Å². The number of hydrogen-bond acceptors (Lipinski definition) is 4. The van der Waals surface area contributed by atoms with Crippen molar-refractivity contribution in [3.63, 3.8) is 0 Å². The third-order valence-corrected chi connectivity index (χ3v) is 3.33. The average molecular weight is 315 g/mol. The van der Waals surface area contributed by atoms with Gasteiger partial charge in [-0.05, 0) is 43.5 Å². The van der Waals surface area contributed by atoms with Gasteiger partial charge in [-0.1, -0.05) is 25.1 Å². The largest absolute Gasteiger partial charge is 0.370 e. The summed E-state index contributed by atoms with van der Waals surface area (Å²) in [6, 6.07) is 6.21. The van der Waals surface area contributed by atoms with E-state index in [1.807, 2.05) is 26.0 Å². The van der Waals surface area contributed by atoms with E-state index in [4.69, 9.17) is 10.3 Å². The second-order valence-corrected chi connectivity index (χ2v) is 6.07. The van der Waals surface area contributed by atoms with E-state index in [2.05, 4.69) is 40.4 Å². The summed E-state index contributed by atoms with van der Waals surface area (Å²) in [5.74, 6) is 2.11. The number of hydrogen-bond donors (Lipinski definition) is 2. The lowest BCUT2D eigenvalue weighted by Gasteiger charge is -2.07. The van der Waals surface area contributed by atoms with E-state index in [-0.39, 0.29) is 5.92 Å². The molecule has 0 unspecified atom stereocenters. The molecule has 0 bridgehead atoms. The van der Waals surface area contributed by atoms with Crippen molar-refractivity contribution < 1.29 is 4.52 Å². The fourth-order valence-electron chi connectivity index (χ4n) is 2.27. The minimum atomic E-state index is 0.281.